The molecule has 0 saturated carbocycles. The maximum atomic E-state index is 10.6. The molecular formula is C10H14N2O2. The number of hydrogen-bond acceptors (Lipinski definition) is 2. The molecule has 2 rings (SSSR count). The fraction of sp³-hybridized carbons (Fsp3) is 0.600. The Kier molecular flexibility index (Phi) is 2.27. The summed E-state index contributed by atoms with van der Waals surface area (Å²) in [7, 11) is 0. The molecule has 0 radical (unpaired) electrons. The van der Waals surface area contributed by atoms with E-state index in [0.29, 0.717) is 0 Å². The Morgan fingerprint density at radius 3 is 3.29 bits per heavy atom. The molecular weight excluding hydrogens is 180 g/mol. The quantitative estimate of drug-likeness (QED) is 0.770. The molecule has 1 aromatic heterocycles. The predicted molar refractivity (Wildman–Crippen MR) is 51.0 cm³/mol. The smallest absolute Gasteiger partial charge is 0.303 e. The van der Waals surface area contributed by atoms with Crippen molar-refractivity contribution in [3.05, 3.63) is 17.5 Å². The van der Waals surface area contributed by atoms with Gasteiger partial charge in [-0.1, -0.05) is 0 Å². The molecule has 4 nitrogen and oxygen atoms in total. The van der Waals surface area contributed by atoms with Gasteiger partial charge in [-0.2, -0.15) is 5.10 Å². The van der Waals surface area contributed by atoms with Crippen LogP contribution in [0.4, 0.5) is 0 Å². The van der Waals surface area contributed by atoms with Crippen LogP contribution in [-0.2, 0) is 17.8 Å². The molecule has 4 heteroatoms. The number of hydrogen-bond donors (Lipinski definition) is 1. The molecule has 0 amide bonds. The van der Waals surface area contributed by atoms with E-state index in [1.54, 1.807) is 0 Å². The van der Waals surface area contributed by atoms with Crippen LogP contribution in [0.25, 0.3) is 0 Å². The number of aromatic nitrogens is 2. The van der Waals surface area contributed by atoms with Crippen LogP contribution >= 0.6 is 0 Å². The SMILES string of the molecule is Cc1cc2n(n1)CCC(CC(=O)O)C2. The number of aliphatic carboxylic acids is 1. The van der Waals surface area contributed by atoms with Gasteiger partial charge in [0.15, 0.2) is 0 Å². The Bertz CT molecular complexity index is 357. The first kappa shape index (κ1) is 9.24. The highest BCUT2D eigenvalue weighted by molar-refractivity contribution is 5.67. The van der Waals surface area contributed by atoms with Crippen LogP contribution in [0.3, 0.4) is 0 Å². The van der Waals surface area contributed by atoms with E-state index in [0.717, 1.165) is 25.1 Å². The minimum atomic E-state index is -0.695. The van der Waals surface area contributed by atoms with Crippen molar-refractivity contribution < 1.29 is 9.90 Å². The number of fused-ring (bicyclic) bond motifs is 1. The minimum Gasteiger partial charge on any atom is -0.481 e. The summed E-state index contributed by atoms with van der Waals surface area (Å²) in [5, 5.41) is 13.0. The van der Waals surface area contributed by atoms with Crippen LogP contribution in [0.1, 0.15) is 24.2 Å². The van der Waals surface area contributed by atoms with Crippen LogP contribution < -0.4 is 0 Å². The molecule has 76 valence electrons. The van der Waals surface area contributed by atoms with Gasteiger partial charge in [-0.15, -0.1) is 0 Å². The van der Waals surface area contributed by atoms with Gasteiger partial charge in [0.2, 0.25) is 0 Å². The van der Waals surface area contributed by atoms with Gasteiger partial charge in [0.1, 0.15) is 0 Å². The van der Waals surface area contributed by atoms with Crippen molar-refractivity contribution in [3.8, 4) is 0 Å². The number of nitrogens with zero attached hydrogens (tertiary/aromatic N) is 2. The van der Waals surface area contributed by atoms with Crippen molar-refractivity contribution in [2.45, 2.75) is 32.7 Å². The summed E-state index contributed by atoms with van der Waals surface area (Å²) in [6.45, 7) is 2.83. The first-order chi connectivity index (χ1) is 6.65. The summed E-state index contributed by atoms with van der Waals surface area (Å²) in [4.78, 5) is 10.6. The van der Waals surface area contributed by atoms with Gasteiger partial charge in [0, 0.05) is 18.7 Å². The van der Waals surface area contributed by atoms with E-state index in [2.05, 4.69) is 5.10 Å². The number of carbonyl (C=O) groups is 1. The first-order valence-electron chi connectivity index (χ1n) is 4.90. The van der Waals surface area contributed by atoms with E-state index in [9.17, 15) is 4.79 Å². The lowest BCUT2D eigenvalue weighted by molar-refractivity contribution is -0.138. The third-order valence-corrected chi connectivity index (χ3v) is 2.70. The van der Waals surface area contributed by atoms with Gasteiger partial charge < -0.3 is 5.11 Å². The summed E-state index contributed by atoms with van der Waals surface area (Å²) in [6.07, 6.45) is 2.07. The molecule has 0 aromatic carbocycles. The van der Waals surface area contributed by atoms with Crippen molar-refractivity contribution in [2.75, 3.05) is 0 Å². The highest BCUT2D eigenvalue weighted by Crippen LogP contribution is 2.23. The molecule has 0 bridgehead atoms. The van der Waals surface area contributed by atoms with Crippen LogP contribution in [-0.4, -0.2) is 20.9 Å². The summed E-state index contributed by atoms with van der Waals surface area (Å²) < 4.78 is 1.99. The Morgan fingerprint density at radius 1 is 1.79 bits per heavy atom. The molecule has 1 atom stereocenters. The highest BCUT2D eigenvalue weighted by Gasteiger charge is 2.21. The highest BCUT2D eigenvalue weighted by atomic mass is 16.4. The number of carboxylic acids is 1. The van der Waals surface area contributed by atoms with Crippen LogP contribution in [0, 0.1) is 12.8 Å². The third-order valence-electron chi connectivity index (χ3n) is 2.70. The number of rotatable bonds is 2. The monoisotopic (exact) mass is 194 g/mol. The van der Waals surface area contributed by atoms with Crippen molar-refractivity contribution in [1.82, 2.24) is 9.78 Å². The second-order valence-electron chi connectivity index (χ2n) is 3.96. The van der Waals surface area contributed by atoms with Crippen molar-refractivity contribution in [3.63, 3.8) is 0 Å². The molecule has 0 fully saturated rings. The second-order valence-corrected chi connectivity index (χ2v) is 3.96. The summed E-state index contributed by atoms with van der Waals surface area (Å²) in [5.41, 5.74) is 2.20. The van der Waals surface area contributed by atoms with Gasteiger partial charge >= 0.3 is 5.97 Å². The molecule has 1 unspecified atom stereocenters. The fourth-order valence-electron chi connectivity index (χ4n) is 2.08. The van der Waals surface area contributed by atoms with Crippen LogP contribution in [0.15, 0.2) is 6.07 Å². The van der Waals surface area contributed by atoms with Gasteiger partial charge in [-0.05, 0) is 31.7 Å². The molecule has 1 aliphatic rings. The fourth-order valence-corrected chi connectivity index (χ4v) is 2.08. The Labute approximate surface area is 82.5 Å². The van der Waals surface area contributed by atoms with E-state index < -0.39 is 5.97 Å². The second kappa shape index (κ2) is 3.44. The molecule has 1 aliphatic heterocycles. The number of aryl methyl sites for hydroxylation is 2. The standard InChI is InChI=1S/C10H14N2O2/c1-7-4-9-5-8(6-10(13)14)2-3-12(9)11-7/h4,8H,2-3,5-6H2,1H3,(H,13,14). The molecule has 0 spiro atoms. The normalized spacial score (nSPS) is 20.5. The molecule has 14 heavy (non-hydrogen) atoms. The zero-order valence-corrected chi connectivity index (χ0v) is 8.23. The topological polar surface area (TPSA) is 55.1 Å². The third kappa shape index (κ3) is 1.78. The Balaban J connectivity index is 2.09. The largest absolute Gasteiger partial charge is 0.481 e. The molecule has 2 heterocycles. The zero-order chi connectivity index (χ0) is 10.1. The maximum Gasteiger partial charge on any atom is 0.303 e. The zero-order valence-electron chi connectivity index (χ0n) is 8.23. The molecule has 0 saturated heterocycles. The van der Waals surface area contributed by atoms with E-state index in [4.69, 9.17) is 5.11 Å². The van der Waals surface area contributed by atoms with Crippen LogP contribution in [0.2, 0.25) is 0 Å². The summed E-state index contributed by atoms with van der Waals surface area (Å²) in [6, 6.07) is 2.05. The van der Waals surface area contributed by atoms with Crippen molar-refractivity contribution in [2.24, 2.45) is 5.92 Å². The first-order valence-corrected chi connectivity index (χ1v) is 4.90. The number of carboxylic acid groups (broad SMARTS) is 1. The molecule has 1 aromatic rings. The average Bonchev–Trinajstić information content (AvgIpc) is 2.42. The van der Waals surface area contributed by atoms with Gasteiger partial charge in [-0.3, -0.25) is 9.48 Å². The lowest BCUT2D eigenvalue weighted by Crippen LogP contribution is -2.21. The average molecular weight is 194 g/mol. The Morgan fingerprint density at radius 2 is 2.57 bits per heavy atom. The summed E-state index contributed by atoms with van der Waals surface area (Å²) >= 11 is 0. The van der Waals surface area contributed by atoms with Gasteiger partial charge in [0.05, 0.1) is 5.69 Å². The van der Waals surface area contributed by atoms with Crippen molar-refractivity contribution in [1.29, 1.82) is 0 Å². The lowest BCUT2D eigenvalue weighted by atomic mass is 9.93. The van der Waals surface area contributed by atoms with Gasteiger partial charge in [0.25, 0.3) is 0 Å². The van der Waals surface area contributed by atoms with E-state index in [1.165, 1.54) is 5.69 Å². The Hall–Kier alpha value is -1.32. The minimum absolute atomic E-state index is 0.282. The van der Waals surface area contributed by atoms with Gasteiger partial charge in [-0.25, -0.2) is 0 Å². The summed E-state index contributed by atoms with van der Waals surface area (Å²) in [5.74, 6) is -0.407. The van der Waals surface area contributed by atoms with E-state index >= 15 is 0 Å². The lowest BCUT2D eigenvalue weighted by Gasteiger charge is -2.21. The molecule has 1 N–H and O–H groups in total. The maximum absolute atomic E-state index is 10.6. The van der Waals surface area contributed by atoms with Crippen molar-refractivity contribution >= 4 is 5.97 Å². The van der Waals surface area contributed by atoms with Crippen LogP contribution in [0.5, 0.6) is 0 Å². The molecule has 0 aliphatic carbocycles. The van der Waals surface area contributed by atoms with E-state index in [-0.39, 0.29) is 12.3 Å². The van der Waals surface area contributed by atoms with E-state index in [1.807, 2.05) is 17.7 Å². The predicted octanol–water partition coefficient (Wildman–Crippen LogP) is 1.23.